The molecule has 0 amide bonds. The maximum absolute atomic E-state index is 13.3. The van der Waals surface area contributed by atoms with Gasteiger partial charge in [0.1, 0.15) is 11.5 Å². The van der Waals surface area contributed by atoms with Crippen molar-refractivity contribution in [3.8, 4) is 11.5 Å². The number of hydrogen-bond acceptors (Lipinski definition) is 5. The molecular formula is C34H33ClN2O3. The van der Waals surface area contributed by atoms with Gasteiger partial charge in [-0.1, -0.05) is 68.1 Å². The van der Waals surface area contributed by atoms with Gasteiger partial charge in [0.2, 0.25) is 0 Å². The molecule has 1 atom stereocenters. The molecule has 0 saturated heterocycles. The van der Waals surface area contributed by atoms with Crippen molar-refractivity contribution in [3.05, 3.63) is 112 Å². The molecule has 0 fully saturated rings. The van der Waals surface area contributed by atoms with Crippen molar-refractivity contribution in [3.63, 3.8) is 0 Å². The number of nitrogens with zero attached hydrogens (tertiary/aromatic N) is 1. The first-order valence-corrected chi connectivity index (χ1v) is 14.5. The van der Waals surface area contributed by atoms with Crippen LogP contribution in [0.2, 0.25) is 5.02 Å². The monoisotopic (exact) mass is 552 g/mol. The molecule has 0 saturated carbocycles. The Morgan fingerprint density at radius 1 is 0.825 bits per heavy atom. The highest BCUT2D eigenvalue weighted by molar-refractivity contribution is 6.33. The van der Waals surface area contributed by atoms with Crippen LogP contribution in [0.5, 0.6) is 11.5 Å². The molecule has 0 aromatic heterocycles. The molecule has 2 heterocycles. The predicted molar refractivity (Wildman–Crippen MR) is 161 cm³/mol. The number of carbonyl (C=O) groups excluding carboxylic acids is 1. The Kier molecular flexibility index (Phi) is 7.16. The third-order valence-corrected chi connectivity index (χ3v) is 8.21. The number of ether oxygens (including phenoxy) is 2. The molecule has 40 heavy (non-hydrogen) atoms. The van der Waals surface area contributed by atoms with Crippen LogP contribution in [0.4, 0.5) is 17.1 Å². The molecule has 6 heteroatoms. The second-order valence-electron chi connectivity index (χ2n) is 10.4. The highest BCUT2D eigenvalue weighted by atomic mass is 35.5. The summed E-state index contributed by atoms with van der Waals surface area (Å²) in [6.45, 7) is 6.31. The molecule has 0 bridgehead atoms. The molecule has 0 aliphatic carbocycles. The van der Waals surface area contributed by atoms with Crippen molar-refractivity contribution in [1.29, 1.82) is 0 Å². The molecular weight excluding hydrogens is 520 g/mol. The van der Waals surface area contributed by atoms with Gasteiger partial charge in [0.25, 0.3) is 0 Å². The lowest BCUT2D eigenvalue weighted by Crippen LogP contribution is -2.33. The van der Waals surface area contributed by atoms with Gasteiger partial charge < -0.3 is 19.7 Å². The van der Waals surface area contributed by atoms with Crippen LogP contribution in [0.25, 0.3) is 0 Å². The Labute approximate surface area is 240 Å². The van der Waals surface area contributed by atoms with Gasteiger partial charge >= 0.3 is 5.97 Å². The number of benzene rings is 4. The molecule has 2 aliphatic rings. The SMILES string of the molecule is CCCCCCN(CC)c1ccc2c(c1)Oc1ccc(Nc3ccccc3Cl)cc1[C@]21OC(=O)c2ccccc21. The van der Waals surface area contributed by atoms with E-state index in [0.29, 0.717) is 22.1 Å². The van der Waals surface area contributed by atoms with E-state index in [1.165, 1.54) is 19.3 Å². The molecule has 0 radical (unpaired) electrons. The highest BCUT2D eigenvalue weighted by Gasteiger charge is 2.53. The maximum Gasteiger partial charge on any atom is 0.340 e. The number of hydrogen-bond donors (Lipinski definition) is 1. The second-order valence-corrected chi connectivity index (χ2v) is 10.8. The standard InChI is InChI=1S/C34H33ClN2O3/c1-3-5-6-11-20-37(4-2)24-17-18-27-32(22-24)39-31-19-16-23(36-30-15-10-9-14-29(30)35)21-28(31)34(27)26-13-8-7-12-25(26)33(38)40-34/h7-10,12-19,21-22,36H,3-6,11,20H2,1-2H3/t34-/m1/s1. The van der Waals surface area contributed by atoms with E-state index in [0.717, 1.165) is 53.3 Å². The van der Waals surface area contributed by atoms with E-state index >= 15 is 0 Å². The van der Waals surface area contributed by atoms with E-state index in [4.69, 9.17) is 21.1 Å². The third kappa shape index (κ3) is 4.48. The summed E-state index contributed by atoms with van der Waals surface area (Å²) < 4.78 is 12.9. The summed E-state index contributed by atoms with van der Waals surface area (Å²) in [6.07, 6.45) is 4.85. The Morgan fingerprint density at radius 2 is 1.65 bits per heavy atom. The fourth-order valence-corrected chi connectivity index (χ4v) is 6.04. The van der Waals surface area contributed by atoms with Gasteiger partial charge in [-0.15, -0.1) is 0 Å². The minimum atomic E-state index is -1.12. The van der Waals surface area contributed by atoms with Crippen LogP contribution >= 0.6 is 11.6 Å². The van der Waals surface area contributed by atoms with Gasteiger partial charge in [-0.2, -0.15) is 0 Å². The van der Waals surface area contributed by atoms with E-state index in [2.05, 4.69) is 42.3 Å². The summed E-state index contributed by atoms with van der Waals surface area (Å²) in [7, 11) is 0. The smallest absolute Gasteiger partial charge is 0.340 e. The number of unbranched alkanes of at least 4 members (excludes halogenated alkanes) is 3. The Balaban J connectivity index is 1.45. The molecule has 4 aromatic carbocycles. The zero-order valence-electron chi connectivity index (χ0n) is 22.9. The van der Waals surface area contributed by atoms with Crippen LogP contribution in [-0.4, -0.2) is 19.1 Å². The first kappa shape index (κ1) is 26.3. The zero-order valence-corrected chi connectivity index (χ0v) is 23.6. The van der Waals surface area contributed by atoms with E-state index in [1.54, 1.807) is 0 Å². The van der Waals surface area contributed by atoms with Crippen molar-refractivity contribution in [2.75, 3.05) is 23.3 Å². The van der Waals surface area contributed by atoms with Crippen molar-refractivity contribution in [2.24, 2.45) is 0 Å². The van der Waals surface area contributed by atoms with Gasteiger partial charge in [-0.3, -0.25) is 0 Å². The fraction of sp³-hybridized carbons (Fsp3) is 0.265. The number of para-hydroxylation sites is 1. The van der Waals surface area contributed by atoms with E-state index in [1.807, 2.05) is 66.7 Å². The molecule has 204 valence electrons. The Hall–Kier alpha value is -3.96. The average molecular weight is 553 g/mol. The lowest BCUT2D eigenvalue weighted by Gasteiger charge is -2.37. The minimum absolute atomic E-state index is 0.339. The summed E-state index contributed by atoms with van der Waals surface area (Å²) in [4.78, 5) is 15.6. The molecule has 4 aromatic rings. The number of nitrogens with one attached hydrogen (secondary N) is 1. The summed E-state index contributed by atoms with van der Waals surface area (Å²) >= 11 is 6.43. The number of carbonyl (C=O) groups is 1. The van der Waals surface area contributed by atoms with Crippen LogP contribution in [0.3, 0.4) is 0 Å². The minimum Gasteiger partial charge on any atom is -0.456 e. The predicted octanol–water partition coefficient (Wildman–Crippen LogP) is 9.06. The molecule has 2 aliphatic heterocycles. The summed E-state index contributed by atoms with van der Waals surface area (Å²) in [5.74, 6) is 1.02. The first-order valence-electron chi connectivity index (χ1n) is 14.1. The molecule has 5 nitrogen and oxygen atoms in total. The maximum atomic E-state index is 13.3. The fourth-order valence-electron chi connectivity index (χ4n) is 5.85. The number of rotatable bonds is 9. The molecule has 1 spiro atoms. The first-order chi connectivity index (χ1) is 19.5. The number of anilines is 3. The molecule has 0 unspecified atom stereocenters. The Bertz CT molecular complexity index is 1570. The van der Waals surface area contributed by atoms with Crippen molar-refractivity contribution in [1.82, 2.24) is 0 Å². The summed E-state index contributed by atoms with van der Waals surface area (Å²) in [5.41, 5.74) is 4.58. The third-order valence-electron chi connectivity index (χ3n) is 7.88. The lowest BCUT2D eigenvalue weighted by molar-refractivity contribution is 0.0224. The van der Waals surface area contributed by atoms with E-state index in [-0.39, 0.29) is 5.97 Å². The quantitative estimate of drug-likeness (QED) is 0.166. The molecule has 6 rings (SSSR count). The summed E-state index contributed by atoms with van der Waals surface area (Å²) in [5, 5.41) is 4.04. The number of halogens is 1. The van der Waals surface area contributed by atoms with Gasteiger partial charge in [0.15, 0.2) is 5.60 Å². The molecule has 1 N–H and O–H groups in total. The normalized spacial score (nSPS) is 16.5. The lowest BCUT2D eigenvalue weighted by atomic mass is 9.77. The van der Waals surface area contributed by atoms with E-state index < -0.39 is 5.60 Å². The van der Waals surface area contributed by atoms with Crippen molar-refractivity contribution in [2.45, 2.75) is 45.1 Å². The van der Waals surface area contributed by atoms with Crippen LogP contribution in [0.15, 0.2) is 84.9 Å². The zero-order chi connectivity index (χ0) is 27.7. The van der Waals surface area contributed by atoms with Crippen LogP contribution in [0.1, 0.15) is 66.6 Å². The Morgan fingerprint density at radius 3 is 2.48 bits per heavy atom. The summed E-state index contributed by atoms with van der Waals surface area (Å²) in [6, 6.07) is 27.4. The van der Waals surface area contributed by atoms with Gasteiger partial charge in [-0.25, -0.2) is 4.79 Å². The van der Waals surface area contributed by atoms with E-state index in [9.17, 15) is 4.79 Å². The van der Waals surface area contributed by atoms with Crippen molar-refractivity contribution < 1.29 is 14.3 Å². The van der Waals surface area contributed by atoms with Crippen molar-refractivity contribution >= 4 is 34.6 Å². The van der Waals surface area contributed by atoms with Gasteiger partial charge in [0.05, 0.1) is 16.3 Å². The second kappa shape index (κ2) is 10.9. The van der Waals surface area contributed by atoms with Gasteiger partial charge in [0, 0.05) is 47.2 Å². The topological polar surface area (TPSA) is 50.8 Å². The van der Waals surface area contributed by atoms with Crippen LogP contribution in [-0.2, 0) is 10.3 Å². The highest BCUT2D eigenvalue weighted by Crippen LogP contribution is 2.57. The average Bonchev–Trinajstić information content (AvgIpc) is 3.27. The van der Waals surface area contributed by atoms with Crippen LogP contribution in [0, 0.1) is 0 Å². The largest absolute Gasteiger partial charge is 0.456 e. The van der Waals surface area contributed by atoms with Crippen LogP contribution < -0.4 is 15.0 Å². The number of fused-ring (bicyclic) bond motifs is 6. The van der Waals surface area contributed by atoms with Gasteiger partial charge in [-0.05, 0) is 61.9 Å². The number of esters is 1.